The molecule has 0 saturated heterocycles. The van der Waals surface area contributed by atoms with Crippen LogP contribution in [0, 0.1) is 16.0 Å². The third-order valence-electron chi connectivity index (χ3n) is 3.18. The molecule has 7 heteroatoms. The average Bonchev–Trinajstić information content (AvgIpc) is 2.46. The zero-order valence-electron chi connectivity index (χ0n) is 12.9. The van der Waals surface area contributed by atoms with Gasteiger partial charge in [0.25, 0.3) is 0 Å². The van der Waals surface area contributed by atoms with Crippen LogP contribution in [-0.2, 0) is 19.1 Å². The van der Waals surface area contributed by atoms with E-state index in [0.717, 1.165) is 6.42 Å². The summed E-state index contributed by atoms with van der Waals surface area (Å²) in [5, 5.41) is 10.7. The Morgan fingerprint density at radius 3 is 2.33 bits per heavy atom. The number of rotatable bonds is 12. The van der Waals surface area contributed by atoms with Crippen LogP contribution in [0.15, 0.2) is 0 Å². The van der Waals surface area contributed by atoms with Crippen molar-refractivity contribution in [3.05, 3.63) is 10.1 Å². The fraction of sp³-hybridized carbons (Fsp3) is 0.857. The van der Waals surface area contributed by atoms with Crippen LogP contribution in [0.25, 0.3) is 0 Å². The highest BCUT2D eigenvalue weighted by atomic mass is 16.6. The van der Waals surface area contributed by atoms with Gasteiger partial charge in [0.1, 0.15) is 12.4 Å². The summed E-state index contributed by atoms with van der Waals surface area (Å²) in [6, 6.07) is 0. The van der Waals surface area contributed by atoms with Crippen LogP contribution >= 0.6 is 0 Å². The lowest BCUT2D eigenvalue weighted by Crippen LogP contribution is -2.40. The molecule has 0 aromatic carbocycles. The zero-order valence-corrected chi connectivity index (χ0v) is 12.9. The highest BCUT2D eigenvalue weighted by Gasteiger charge is 2.36. The first-order chi connectivity index (χ1) is 9.99. The standard InChI is InChI=1S/C14H25NO6/c1-4-7-8-20-14(17)12(9-15(18)19)13(10-16)21-11(5-2)6-3/h10-13H,4-9H2,1-3H3/t12-,13-/m1/s1. The van der Waals surface area contributed by atoms with Gasteiger partial charge < -0.3 is 14.3 Å². The van der Waals surface area contributed by atoms with Crippen molar-refractivity contribution in [1.29, 1.82) is 0 Å². The number of esters is 1. The van der Waals surface area contributed by atoms with E-state index < -0.39 is 29.5 Å². The molecule has 0 bridgehead atoms. The molecule has 0 N–H and O–H groups in total. The number of carbonyl (C=O) groups excluding carboxylic acids is 2. The molecule has 0 aliphatic heterocycles. The average molecular weight is 303 g/mol. The van der Waals surface area contributed by atoms with Crippen molar-refractivity contribution in [2.45, 2.75) is 58.7 Å². The molecule has 0 aromatic heterocycles. The molecular weight excluding hydrogens is 278 g/mol. The van der Waals surface area contributed by atoms with E-state index in [2.05, 4.69) is 0 Å². The highest BCUT2D eigenvalue weighted by Crippen LogP contribution is 2.15. The van der Waals surface area contributed by atoms with Crippen molar-refractivity contribution >= 4 is 12.3 Å². The first-order valence-electron chi connectivity index (χ1n) is 7.39. The second-order valence-electron chi connectivity index (χ2n) is 4.82. The normalized spacial score (nSPS) is 13.7. The van der Waals surface area contributed by atoms with Gasteiger partial charge in [0.15, 0.2) is 5.92 Å². The van der Waals surface area contributed by atoms with Gasteiger partial charge in [-0.25, -0.2) is 0 Å². The fourth-order valence-electron chi connectivity index (χ4n) is 1.82. The summed E-state index contributed by atoms with van der Waals surface area (Å²) in [7, 11) is 0. The Balaban J connectivity index is 4.85. The quantitative estimate of drug-likeness (QED) is 0.180. The number of hydrogen-bond donors (Lipinski definition) is 0. The van der Waals surface area contributed by atoms with E-state index in [1.165, 1.54) is 0 Å². The molecule has 0 radical (unpaired) electrons. The molecule has 2 atom stereocenters. The zero-order chi connectivity index (χ0) is 16.3. The Kier molecular flexibility index (Phi) is 10.4. The summed E-state index contributed by atoms with van der Waals surface area (Å²) in [6.45, 7) is 5.23. The SMILES string of the molecule is CCCCOC(=O)[C@H](C[N+](=O)[O-])[C@@H](C=O)OC(CC)CC. The predicted molar refractivity (Wildman–Crippen MR) is 76.5 cm³/mol. The van der Waals surface area contributed by atoms with Crippen LogP contribution in [0.5, 0.6) is 0 Å². The second-order valence-corrected chi connectivity index (χ2v) is 4.82. The van der Waals surface area contributed by atoms with E-state index >= 15 is 0 Å². The van der Waals surface area contributed by atoms with Crippen molar-refractivity contribution in [3.8, 4) is 0 Å². The van der Waals surface area contributed by atoms with Crippen LogP contribution in [0.4, 0.5) is 0 Å². The molecule has 0 rings (SSSR count). The fourth-order valence-corrected chi connectivity index (χ4v) is 1.82. The van der Waals surface area contributed by atoms with Crippen molar-refractivity contribution in [1.82, 2.24) is 0 Å². The molecular formula is C14H25NO6. The summed E-state index contributed by atoms with van der Waals surface area (Å²) in [6.07, 6.45) is 1.94. The molecule has 0 aliphatic rings. The molecule has 0 fully saturated rings. The maximum absolute atomic E-state index is 11.9. The first kappa shape index (κ1) is 19.5. The van der Waals surface area contributed by atoms with E-state index in [-0.39, 0.29) is 12.7 Å². The molecule has 0 unspecified atom stereocenters. The molecule has 0 amide bonds. The maximum Gasteiger partial charge on any atom is 0.318 e. The van der Waals surface area contributed by atoms with E-state index in [9.17, 15) is 19.7 Å². The van der Waals surface area contributed by atoms with Gasteiger partial charge in [-0.3, -0.25) is 14.9 Å². The minimum Gasteiger partial charge on any atom is -0.465 e. The van der Waals surface area contributed by atoms with Gasteiger partial charge in [0, 0.05) is 4.92 Å². The van der Waals surface area contributed by atoms with Crippen LogP contribution < -0.4 is 0 Å². The Hall–Kier alpha value is -1.50. The molecule has 122 valence electrons. The van der Waals surface area contributed by atoms with Gasteiger partial charge in [-0.05, 0) is 19.3 Å². The molecule has 0 saturated carbocycles. The molecule has 0 spiro atoms. The third-order valence-corrected chi connectivity index (χ3v) is 3.18. The lowest BCUT2D eigenvalue weighted by molar-refractivity contribution is -0.488. The molecule has 0 heterocycles. The van der Waals surface area contributed by atoms with Crippen molar-refractivity contribution in [2.24, 2.45) is 5.92 Å². The number of ether oxygens (including phenoxy) is 2. The lowest BCUT2D eigenvalue weighted by Gasteiger charge is -2.23. The predicted octanol–water partition coefficient (Wildman–Crippen LogP) is 2.00. The van der Waals surface area contributed by atoms with Crippen LogP contribution in [0.3, 0.4) is 0 Å². The monoisotopic (exact) mass is 303 g/mol. The lowest BCUT2D eigenvalue weighted by atomic mass is 10.0. The highest BCUT2D eigenvalue weighted by molar-refractivity contribution is 5.78. The molecule has 0 aromatic rings. The Labute approximate surface area is 125 Å². The minimum atomic E-state index is -1.20. The number of nitrogens with zero attached hydrogens (tertiary/aromatic N) is 1. The number of hydrogen-bond acceptors (Lipinski definition) is 6. The van der Waals surface area contributed by atoms with Gasteiger partial charge in [-0.2, -0.15) is 0 Å². The van der Waals surface area contributed by atoms with E-state index in [1.54, 1.807) is 0 Å². The number of nitro groups is 1. The molecule has 7 nitrogen and oxygen atoms in total. The van der Waals surface area contributed by atoms with E-state index in [0.29, 0.717) is 25.5 Å². The van der Waals surface area contributed by atoms with Crippen molar-refractivity contribution in [3.63, 3.8) is 0 Å². The Morgan fingerprint density at radius 2 is 1.90 bits per heavy atom. The van der Waals surface area contributed by atoms with E-state index in [4.69, 9.17) is 9.47 Å². The summed E-state index contributed by atoms with van der Waals surface area (Å²) >= 11 is 0. The molecule has 21 heavy (non-hydrogen) atoms. The van der Waals surface area contributed by atoms with Crippen LogP contribution in [0.1, 0.15) is 46.5 Å². The maximum atomic E-state index is 11.9. The summed E-state index contributed by atoms with van der Waals surface area (Å²) in [4.78, 5) is 33.2. The first-order valence-corrected chi connectivity index (χ1v) is 7.39. The molecule has 0 aliphatic carbocycles. The summed E-state index contributed by atoms with van der Waals surface area (Å²) in [5.74, 6) is -1.95. The van der Waals surface area contributed by atoms with Gasteiger partial charge in [0.05, 0.1) is 12.7 Å². The number of carbonyl (C=O) groups is 2. The number of aldehydes is 1. The smallest absolute Gasteiger partial charge is 0.318 e. The van der Waals surface area contributed by atoms with Crippen molar-refractivity contribution in [2.75, 3.05) is 13.2 Å². The van der Waals surface area contributed by atoms with E-state index in [1.807, 2.05) is 20.8 Å². The van der Waals surface area contributed by atoms with Gasteiger partial charge in [-0.1, -0.05) is 27.2 Å². The van der Waals surface area contributed by atoms with Crippen molar-refractivity contribution < 1.29 is 24.0 Å². The summed E-state index contributed by atoms with van der Waals surface area (Å²) in [5.41, 5.74) is 0. The Bertz CT molecular complexity index is 329. The van der Waals surface area contributed by atoms with Gasteiger partial charge >= 0.3 is 5.97 Å². The van der Waals surface area contributed by atoms with Crippen LogP contribution in [0.2, 0.25) is 0 Å². The van der Waals surface area contributed by atoms with Gasteiger partial charge in [-0.15, -0.1) is 0 Å². The minimum absolute atomic E-state index is 0.195. The number of unbranched alkanes of at least 4 members (excludes halogenated alkanes) is 1. The van der Waals surface area contributed by atoms with Gasteiger partial charge in [0.2, 0.25) is 6.54 Å². The third kappa shape index (κ3) is 7.75. The Morgan fingerprint density at radius 1 is 1.29 bits per heavy atom. The second kappa shape index (κ2) is 11.2. The largest absolute Gasteiger partial charge is 0.465 e. The summed E-state index contributed by atoms with van der Waals surface area (Å²) < 4.78 is 10.5. The topological polar surface area (TPSA) is 95.7 Å². The van der Waals surface area contributed by atoms with Crippen LogP contribution in [-0.4, -0.2) is 42.5 Å².